The Morgan fingerprint density at radius 1 is 1.11 bits per heavy atom. The van der Waals surface area contributed by atoms with E-state index in [0.29, 0.717) is 11.4 Å². The lowest BCUT2D eigenvalue weighted by Crippen LogP contribution is -2.16. The van der Waals surface area contributed by atoms with E-state index < -0.39 is 0 Å². The quantitative estimate of drug-likeness (QED) is 0.821. The topological polar surface area (TPSA) is 12.0 Å². The van der Waals surface area contributed by atoms with Crippen LogP contribution in [-0.2, 0) is 0 Å². The number of hydrogen-bond donors (Lipinski definition) is 1. The molecular formula is C16H20FN. The Labute approximate surface area is 108 Å². The molecular weight excluding hydrogens is 225 g/mol. The molecule has 1 unspecified atom stereocenters. The van der Waals surface area contributed by atoms with Crippen molar-refractivity contribution in [1.82, 2.24) is 5.32 Å². The van der Waals surface area contributed by atoms with Crippen LogP contribution in [0.25, 0.3) is 10.8 Å². The largest absolute Gasteiger partial charge is 0.313 e. The summed E-state index contributed by atoms with van der Waals surface area (Å²) < 4.78 is 13.8. The molecule has 1 nitrogen and oxygen atoms in total. The van der Waals surface area contributed by atoms with Crippen molar-refractivity contribution >= 4 is 10.8 Å². The molecule has 0 aromatic heterocycles. The molecule has 96 valence electrons. The summed E-state index contributed by atoms with van der Waals surface area (Å²) in [5.41, 5.74) is 1.20. The van der Waals surface area contributed by atoms with Crippen LogP contribution < -0.4 is 5.32 Å². The van der Waals surface area contributed by atoms with Gasteiger partial charge in [-0.15, -0.1) is 0 Å². The van der Waals surface area contributed by atoms with Gasteiger partial charge in [0.1, 0.15) is 5.82 Å². The van der Waals surface area contributed by atoms with Gasteiger partial charge in [-0.05, 0) is 30.5 Å². The monoisotopic (exact) mass is 245 g/mol. The molecule has 0 amide bonds. The molecule has 0 saturated carbocycles. The average Bonchev–Trinajstić information content (AvgIpc) is 2.42. The zero-order chi connectivity index (χ0) is 13.0. The highest BCUT2D eigenvalue weighted by Crippen LogP contribution is 2.28. The van der Waals surface area contributed by atoms with Gasteiger partial charge in [-0.1, -0.05) is 50.1 Å². The Morgan fingerprint density at radius 3 is 2.50 bits per heavy atom. The van der Waals surface area contributed by atoms with Gasteiger partial charge in [0.2, 0.25) is 0 Å². The number of benzene rings is 2. The lowest BCUT2D eigenvalue weighted by molar-refractivity contribution is 0.525. The minimum Gasteiger partial charge on any atom is -0.313 e. The van der Waals surface area contributed by atoms with E-state index in [4.69, 9.17) is 0 Å². The second-order valence-corrected chi connectivity index (χ2v) is 4.67. The summed E-state index contributed by atoms with van der Waals surface area (Å²) in [6.07, 6.45) is 3.44. The van der Waals surface area contributed by atoms with Gasteiger partial charge in [0.15, 0.2) is 0 Å². The molecule has 0 aliphatic heterocycles. The van der Waals surface area contributed by atoms with Crippen LogP contribution in [-0.4, -0.2) is 7.05 Å². The third-order valence-corrected chi connectivity index (χ3v) is 3.47. The minimum absolute atomic E-state index is 0.139. The maximum atomic E-state index is 13.8. The normalized spacial score (nSPS) is 12.8. The summed E-state index contributed by atoms with van der Waals surface area (Å²) in [5, 5.41) is 5.08. The molecule has 0 heterocycles. The van der Waals surface area contributed by atoms with E-state index in [1.807, 2.05) is 37.4 Å². The van der Waals surface area contributed by atoms with Crippen molar-refractivity contribution in [3.63, 3.8) is 0 Å². The number of nitrogens with one attached hydrogen (secondary N) is 1. The van der Waals surface area contributed by atoms with E-state index in [0.717, 1.165) is 11.8 Å². The molecule has 0 saturated heterocycles. The summed E-state index contributed by atoms with van der Waals surface area (Å²) in [5.74, 6) is -0.139. The SMILES string of the molecule is CCCCC(NC)c1ccc(F)c2ccccc12. The summed E-state index contributed by atoms with van der Waals surface area (Å²) in [6, 6.07) is 11.5. The van der Waals surface area contributed by atoms with Crippen molar-refractivity contribution in [2.45, 2.75) is 32.2 Å². The fraction of sp³-hybridized carbons (Fsp3) is 0.375. The van der Waals surface area contributed by atoms with Crippen molar-refractivity contribution in [2.75, 3.05) is 7.05 Å². The molecule has 2 aromatic rings. The lowest BCUT2D eigenvalue weighted by atomic mass is 9.95. The number of hydrogen-bond acceptors (Lipinski definition) is 1. The first-order valence-electron chi connectivity index (χ1n) is 6.62. The van der Waals surface area contributed by atoms with E-state index >= 15 is 0 Å². The van der Waals surface area contributed by atoms with E-state index in [1.54, 1.807) is 6.07 Å². The van der Waals surface area contributed by atoms with Gasteiger partial charge in [0.05, 0.1) is 0 Å². The highest BCUT2D eigenvalue weighted by atomic mass is 19.1. The molecule has 0 aliphatic carbocycles. The first-order chi connectivity index (χ1) is 8.77. The lowest BCUT2D eigenvalue weighted by Gasteiger charge is -2.18. The zero-order valence-corrected chi connectivity index (χ0v) is 11.0. The van der Waals surface area contributed by atoms with Gasteiger partial charge in [0.25, 0.3) is 0 Å². The molecule has 0 spiro atoms. The first kappa shape index (κ1) is 13.0. The molecule has 1 atom stereocenters. The number of unbranched alkanes of at least 4 members (excludes halogenated alkanes) is 1. The third-order valence-electron chi connectivity index (χ3n) is 3.47. The van der Waals surface area contributed by atoms with Gasteiger partial charge in [-0.25, -0.2) is 4.39 Å². The van der Waals surface area contributed by atoms with Crippen LogP contribution in [0.2, 0.25) is 0 Å². The van der Waals surface area contributed by atoms with Crippen LogP contribution in [0.5, 0.6) is 0 Å². The van der Waals surface area contributed by atoms with Crippen LogP contribution in [0.4, 0.5) is 4.39 Å². The fourth-order valence-corrected chi connectivity index (χ4v) is 2.45. The highest BCUT2D eigenvalue weighted by molar-refractivity contribution is 5.86. The van der Waals surface area contributed by atoms with E-state index in [9.17, 15) is 4.39 Å². The van der Waals surface area contributed by atoms with Crippen LogP contribution >= 0.6 is 0 Å². The van der Waals surface area contributed by atoms with Gasteiger partial charge in [-0.3, -0.25) is 0 Å². The van der Waals surface area contributed by atoms with Crippen LogP contribution in [0, 0.1) is 5.82 Å². The van der Waals surface area contributed by atoms with Crippen molar-refractivity contribution in [2.24, 2.45) is 0 Å². The average molecular weight is 245 g/mol. The number of halogens is 1. The maximum absolute atomic E-state index is 13.8. The van der Waals surface area contributed by atoms with Gasteiger partial charge in [0, 0.05) is 11.4 Å². The molecule has 0 radical (unpaired) electrons. The Balaban J connectivity index is 2.46. The molecule has 18 heavy (non-hydrogen) atoms. The van der Waals surface area contributed by atoms with Gasteiger partial charge < -0.3 is 5.32 Å². The maximum Gasteiger partial charge on any atom is 0.131 e. The second-order valence-electron chi connectivity index (χ2n) is 4.67. The fourth-order valence-electron chi connectivity index (χ4n) is 2.45. The summed E-state index contributed by atoms with van der Waals surface area (Å²) in [6.45, 7) is 2.19. The second kappa shape index (κ2) is 5.96. The van der Waals surface area contributed by atoms with Crippen molar-refractivity contribution < 1.29 is 4.39 Å². The Hall–Kier alpha value is -1.41. The molecule has 0 aliphatic rings. The first-order valence-corrected chi connectivity index (χ1v) is 6.62. The summed E-state index contributed by atoms with van der Waals surface area (Å²) in [4.78, 5) is 0. The Morgan fingerprint density at radius 2 is 1.83 bits per heavy atom. The standard InChI is InChI=1S/C16H20FN/c1-3-4-9-16(18-2)14-10-11-15(17)13-8-6-5-7-12(13)14/h5-8,10-11,16,18H,3-4,9H2,1-2H3. The highest BCUT2D eigenvalue weighted by Gasteiger charge is 2.13. The Kier molecular flexibility index (Phi) is 4.32. The molecule has 2 aromatic carbocycles. The molecule has 0 fully saturated rings. The molecule has 1 N–H and O–H groups in total. The predicted molar refractivity (Wildman–Crippen MR) is 75.2 cm³/mol. The van der Waals surface area contributed by atoms with Crippen molar-refractivity contribution in [3.8, 4) is 0 Å². The Bertz CT molecular complexity index is 521. The minimum atomic E-state index is -0.139. The smallest absolute Gasteiger partial charge is 0.131 e. The van der Waals surface area contributed by atoms with Crippen LogP contribution in [0.1, 0.15) is 37.8 Å². The summed E-state index contributed by atoms with van der Waals surface area (Å²) in [7, 11) is 1.97. The van der Waals surface area contributed by atoms with Gasteiger partial charge >= 0.3 is 0 Å². The number of rotatable bonds is 5. The van der Waals surface area contributed by atoms with Crippen molar-refractivity contribution in [1.29, 1.82) is 0 Å². The predicted octanol–water partition coefficient (Wildman–Crippen LogP) is 4.43. The van der Waals surface area contributed by atoms with Crippen molar-refractivity contribution in [3.05, 3.63) is 47.8 Å². The van der Waals surface area contributed by atoms with Crippen LogP contribution in [0.3, 0.4) is 0 Å². The third kappa shape index (κ3) is 2.54. The van der Waals surface area contributed by atoms with E-state index in [-0.39, 0.29) is 5.82 Å². The summed E-state index contributed by atoms with van der Waals surface area (Å²) >= 11 is 0. The molecule has 2 heteroatoms. The molecule has 2 rings (SSSR count). The zero-order valence-electron chi connectivity index (χ0n) is 11.0. The molecule has 0 bridgehead atoms. The number of fused-ring (bicyclic) bond motifs is 1. The van der Waals surface area contributed by atoms with Gasteiger partial charge in [-0.2, -0.15) is 0 Å². The van der Waals surface area contributed by atoms with E-state index in [1.165, 1.54) is 18.4 Å². The van der Waals surface area contributed by atoms with Crippen LogP contribution in [0.15, 0.2) is 36.4 Å². The van der Waals surface area contributed by atoms with E-state index in [2.05, 4.69) is 12.2 Å².